The second-order valence-electron chi connectivity index (χ2n) is 4.88. The number of rotatable bonds is 4. The van der Waals surface area contributed by atoms with E-state index < -0.39 is 26.8 Å². The Labute approximate surface area is 113 Å². The van der Waals surface area contributed by atoms with Crippen LogP contribution in [0.2, 0.25) is 0 Å². The van der Waals surface area contributed by atoms with E-state index in [-0.39, 0.29) is 11.3 Å². The lowest BCUT2D eigenvalue weighted by molar-refractivity contribution is 0.426. The van der Waals surface area contributed by atoms with Crippen LogP contribution in [-0.2, 0) is 0 Å². The lowest BCUT2D eigenvalue weighted by atomic mass is 10.1. The number of anilines is 1. The van der Waals surface area contributed by atoms with Crippen LogP contribution in [0.3, 0.4) is 0 Å². The lowest BCUT2D eigenvalue weighted by Crippen LogP contribution is -2.21. The minimum absolute atomic E-state index is 0.0612. The van der Waals surface area contributed by atoms with E-state index in [2.05, 4.69) is 18.3 Å². The summed E-state index contributed by atoms with van der Waals surface area (Å²) in [5.41, 5.74) is 0.638. The number of phenolic OH excluding ortho intramolecular Hbond substituents is 1. The summed E-state index contributed by atoms with van der Waals surface area (Å²) in [4.78, 5) is 0. The number of phenols is 1. The molecule has 5 heteroatoms. The molecule has 0 aliphatic heterocycles. The van der Waals surface area contributed by atoms with Crippen LogP contribution in [0.5, 0.6) is 5.75 Å². The molecule has 1 N–H and O–H groups in total. The highest BCUT2D eigenvalue weighted by molar-refractivity contribution is 8.28. The number of aromatic hydroxyl groups is 1. The van der Waals surface area contributed by atoms with E-state index in [1.165, 1.54) is 6.92 Å². The van der Waals surface area contributed by atoms with Gasteiger partial charge in [-0.15, -0.1) is 9.39 Å². The van der Waals surface area contributed by atoms with E-state index >= 15 is 0 Å². The molecule has 19 heavy (non-hydrogen) atoms. The van der Waals surface area contributed by atoms with Gasteiger partial charge in [0.1, 0.15) is 5.82 Å². The molecule has 0 fully saturated rings. The van der Waals surface area contributed by atoms with Crippen LogP contribution in [0, 0.1) is 18.6 Å². The maximum atomic E-state index is 13.8. The average Bonchev–Trinajstić information content (AvgIpc) is 2.27. The Balaban J connectivity index is 3.52. The summed E-state index contributed by atoms with van der Waals surface area (Å²) in [6.07, 6.45) is 1.77. The van der Waals surface area contributed by atoms with Gasteiger partial charge in [0.05, 0.1) is 5.69 Å². The Hall–Kier alpha value is -1.49. The molecule has 0 aliphatic rings. The largest absolute Gasteiger partial charge is 0.503 e. The van der Waals surface area contributed by atoms with Crippen molar-refractivity contribution in [2.45, 2.75) is 13.8 Å². The summed E-state index contributed by atoms with van der Waals surface area (Å²) in [6.45, 7) is 7.16. The molecule has 2 nitrogen and oxygen atoms in total. The van der Waals surface area contributed by atoms with Gasteiger partial charge >= 0.3 is 0 Å². The topological polar surface area (TPSA) is 23.5 Å². The molecule has 0 unspecified atom stereocenters. The fourth-order valence-corrected chi connectivity index (χ4v) is 2.75. The Morgan fingerprint density at radius 3 is 2.37 bits per heavy atom. The van der Waals surface area contributed by atoms with Crippen LogP contribution in [0.1, 0.15) is 12.5 Å². The summed E-state index contributed by atoms with van der Waals surface area (Å²) < 4.78 is 29.0. The Kier molecular flexibility index (Phi) is 4.30. The zero-order valence-electron chi connectivity index (χ0n) is 11.5. The second kappa shape index (κ2) is 5.25. The van der Waals surface area contributed by atoms with Crippen molar-refractivity contribution in [3.05, 3.63) is 35.4 Å². The Morgan fingerprint density at radius 1 is 1.42 bits per heavy atom. The van der Waals surface area contributed by atoms with Gasteiger partial charge in [0.2, 0.25) is 0 Å². The van der Waals surface area contributed by atoms with Gasteiger partial charge in [-0.3, -0.25) is 0 Å². The first-order valence-corrected chi connectivity index (χ1v) is 7.93. The average molecular weight is 287 g/mol. The minimum atomic E-state index is -1.80. The molecule has 0 saturated heterocycles. The van der Waals surface area contributed by atoms with Gasteiger partial charge in [-0.25, -0.2) is 8.78 Å². The summed E-state index contributed by atoms with van der Waals surface area (Å²) in [7, 11) is -1.80. The van der Waals surface area contributed by atoms with Crippen LogP contribution >= 0.6 is 9.39 Å². The molecule has 0 aliphatic carbocycles. The predicted octanol–water partition coefficient (Wildman–Crippen LogP) is 3.57. The molecule has 0 amide bonds. The molecule has 0 bridgehead atoms. The summed E-state index contributed by atoms with van der Waals surface area (Å²) in [6, 6.07) is 1.11. The molecular formula is C14H19F2NOS. The lowest BCUT2D eigenvalue weighted by Gasteiger charge is -2.31. The van der Waals surface area contributed by atoms with E-state index in [9.17, 15) is 13.9 Å². The fraction of sp³-hybridized carbons (Fsp3) is 0.286. The van der Waals surface area contributed by atoms with Crippen molar-refractivity contribution < 1.29 is 13.9 Å². The molecule has 106 valence electrons. The molecule has 0 spiro atoms. The number of halogens is 2. The zero-order chi connectivity index (χ0) is 15.0. The second-order valence-corrected chi connectivity index (χ2v) is 7.77. The first kappa shape index (κ1) is 15.6. The molecule has 0 saturated carbocycles. The van der Waals surface area contributed by atoms with Crippen LogP contribution < -0.4 is 4.31 Å². The minimum Gasteiger partial charge on any atom is -0.503 e. The van der Waals surface area contributed by atoms with Crippen molar-refractivity contribution in [2.24, 2.45) is 0 Å². The number of nitrogens with zero attached hydrogens (tertiary/aromatic N) is 1. The first-order valence-electron chi connectivity index (χ1n) is 5.59. The fourth-order valence-electron chi connectivity index (χ4n) is 1.61. The molecule has 1 rings (SSSR count). The van der Waals surface area contributed by atoms with Crippen molar-refractivity contribution in [3.8, 4) is 5.75 Å². The van der Waals surface area contributed by atoms with Gasteiger partial charge in [-0.2, -0.15) is 0 Å². The van der Waals surface area contributed by atoms with Crippen LogP contribution in [0.15, 0.2) is 18.2 Å². The molecule has 0 aromatic heterocycles. The van der Waals surface area contributed by atoms with Crippen molar-refractivity contribution in [2.75, 3.05) is 17.1 Å². The summed E-state index contributed by atoms with van der Waals surface area (Å²) in [5.74, 6) is 5.61. The molecule has 0 radical (unpaired) electrons. The van der Waals surface area contributed by atoms with E-state index in [0.29, 0.717) is 6.54 Å². The van der Waals surface area contributed by atoms with E-state index in [1.807, 2.05) is 0 Å². The third-order valence-electron chi connectivity index (χ3n) is 2.62. The van der Waals surface area contributed by atoms with Gasteiger partial charge in [0.25, 0.3) is 0 Å². The maximum absolute atomic E-state index is 13.8. The van der Waals surface area contributed by atoms with Crippen LogP contribution in [0.4, 0.5) is 14.5 Å². The van der Waals surface area contributed by atoms with E-state index in [0.717, 1.165) is 11.6 Å². The van der Waals surface area contributed by atoms with Gasteiger partial charge in [0, 0.05) is 18.2 Å². The third kappa shape index (κ3) is 3.29. The van der Waals surface area contributed by atoms with Crippen molar-refractivity contribution in [3.63, 3.8) is 0 Å². The highest BCUT2D eigenvalue weighted by Gasteiger charge is 2.20. The molecule has 0 atom stereocenters. The number of hydrogen-bond donors (Lipinski definition) is 1. The number of benzene rings is 1. The van der Waals surface area contributed by atoms with Gasteiger partial charge in [-0.1, -0.05) is 23.9 Å². The highest BCUT2D eigenvalue weighted by atomic mass is 32.2. The smallest absolute Gasteiger partial charge is 0.176 e. The molecular weight excluding hydrogens is 268 g/mol. The third-order valence-corrected chi connectivity index (χ3v) is 4.01. The number of hydrogen-bond acceptors (Lipinski definition) is 2. The molecule has 1 aromatic carbocycles. The van der Waals surface area contributed by atoms with Gasteiger partial charge < -0.3 is 9.41 Å². The maximum Gasteiger partial charge on any atom is 0.176 e. The van der Waals surface area contributed by atoms with Crippen LogP contribution in [-0.4, -0.2) is 29.6 Å². The van der Waals surface area contributed by atoms with Crippen molar-refractivity contribution in [1.29, 1.82) is 0 Å². The zero-order valence-corrected chi connectivity index (χ0v) is 12.3. The van der Waals surface area contributed by atoms with Crippen molar-refractivity contribution in [1.82, 2.24) is 0 Å². The Morgan fingerprint density at radius 2 is 1.95 bits per heavy atom. The standard InChI is InChI=1S/C14H19F2NOS/c1-9(2)8-17(19(4,5)6)12-7-11(15)10(3)13(16)14(12)18/h7,18H,1,4-5,8H2,2-3,6H3. The van der Waals surface area contributed by atoms with Crippen LogP contribution in [0.25, 0.3) is 0 Å². The highest BCUT2D eigenvalue weighted by Crippen LogP contribution is 2.39. The SMILES string of the molecule is C=C(C)CN(c1cc(F)c(C)c(F)c1O)S(=C)(=C)C. The van der Waals surface area contributed by atoms with Gasteiger partial charge in [-0.05, 0) is 20.1 Å². The van der Waals surface area contributed by atoms with Gasteiger partial charge in [0.15, 0.2) is 11.6 Å². The summed E-state index contributed by atoms with van der Waals surface area (Å²) >= 11 is 0. The van der Waals surface area contributed by atoms with Crippen molar-refractivity contribution >= 4 is 26.8 Å². The predicted molar refractivity (Wildman–Crippen MR) is 82.7 cm³/mol. The molecule has 1 aromatic rings. The monoisotopic (exact) mass is 287 g/mol. The summed E-state index contributed by atoms with van der Waals surface area (Å²) in [5, 5.41) is 9.89. The van der Waals surface area contributed by atoms with E-state index in [4.69, 9.17) is 0 Å². The Bertz CT molecular complexity index is 621. The van der Waals surface area contributed by atoms with E-state index in [1.54, 1.807) is 17.5 Å². The quantitative estimate of drug-likeness (QED) is 0.676. The first-order chi connectivity index (χ1) is 8.55. The molecule has 0 heterocycles. The normalized spacial score (nSPS) is 11.4.